The van der Waals surface area contributed by atoms with Crippen LogP contribution in [0.5, 0.6) is 5.75 Å². The van der Waals surface area contributed by atoms with Gasteiger partial charge in [0.05, 0.1) is 13.2 Å². The third kappa shape index (κ3) is 2.92. The second-order valence-corrected chi connectivity index (χ2v) is 8.59. The van der Waals surface area contributed by atoms with Crippen molar-refractivity contribution >= 4 is 22.4 Å². The van der Waals surface area contributed by atoms with Crippen molar-refractivity contribution in [1.82, 2.24) is 0 Å². The minimum absolute atomic E-state index is 0.00128. The van der Waals surface area contributed by atoms with Crippen LogP contribution in [-0.4, -0.2) is 13.0 Å². The number of ether oxygens (including phenoxy) is 1. The molecular formula is C28H25NO2. The molecule has 0 spiro atoms. The summed E-state index contributed by atoms with van der Waals surface area (Å²) in [5, 5.41) is 2.25. The van der Waals surface area contributed by atoms with E-state index in [-0.39, 0.29) is 17.4 Å². The number of methoxy groups -OCH3 is 1. The van der Waals surface area contributed by atoms with Gasteiger partial charge in [-0.15, -0.1) is 0 Å². The molecule has 0 N–H and O–H groups in total. The van der Waals surface area contributed by atoms with Crippen molar-refractivity contribution in [2.24, 2.45) is 0 Å². The third-order valence-electron chi connectivity index (χ3n) is 6.46. The predicted molar refractivity (Wildman–Crippen MR) is 126 cm³/mol. The van der Waals surface area contributed by atoms with Gasteiger partial charge in [0, 0.05) is 22.2 Å². The van der Waals surface area contributed by atoms with Gasteiger partial charge in [-0.05, 0) is 40.6 Å². The van der Waals surface area contributed by atoms with Crippen molar-refractivity contribution in [3.05, 3.63) is 108 Å². The molecule has 0 fully saturated rings. The standard InChI is InChI=1S/C28H25NO2/c1-28(2)22-15-9-10-16-23(22)29(27(30)20-12-5-4-6-13-20)26(28)25-21-14-8-7-11-19(21)17-18-24(25)31-3/h4-18,26H,1-3H3/t26-/m1/s1. The highest BCUT2D eigenvalue weighted by Crippen LogP contribution is 2.55. The molecular weight excluding hydrogens is 382 g/mol. The van der Waals surface area contributed by atoms with Crippen LogP contribution in [0.4, 0.5) is 5.69 Å². The lowest BCUT2D eigenvalue weighted by molar-refractivity contribution is 0.0971. The van der Waals surface area contributed by atoms with E-state index in [1.165, 1.54) is 5.56 Å². The number of para-hydroxylation sites is 1. The molecule has 5 rings (SSSR count). The molecule has 4 aromatic carbocycles. The number of carbonyl (C=O) groups excluding carboxylic acids is 1. The van der Waals surface area contributed by atoms with E-state index < -0.39 is 0 Å². The second-order valence-electron chi connectivity index (χ2n) is 8.59. The number of nitrogens with zero attached hydrogens (tertiary/aromatic N) is 1. The number of rotatable bonds is 3. The zero-order valence-corrected chi connectivity index (χ0v) is 18.0. The van der Waals surface area contributed by atoms with Crippen LogP contribution in [0.2, 0.25) is 0 Å². The van der Waals surface area contributed by atoms with Crippen LogP contribution in [0.25, 0.3) is 10.8 Å². The molecule has 3 nitrogen and oxygen atoms in total. The Bertz CT molecular complexity index is 1280. The Balaban J connectivity index is 1.81. The topological polar surface area (TPSA) is 29.5 Å². The predicted octanol–water partition coefficient (Wildman–Crippen LogP) is 6.53. The summed E-state index contributed by atoms with van der Waals surface area (Å²) >= 11 is 0. The highest BCUT2D eigenvalue weighted by Gasteiger charge is 2.49. The molecule has 1 heterocycles. The lowest BCUT2D eigenvalue weighted by atomic mass is 9.76. The van der Waals surface area contributed by atoms with E-state index in [1.54, 1.807) is 7.11 Å². The lowest BCUT2D eigenvalue weighted by Gasteiger charge is -2.35. The van der Waals surface area contributed by atoms with Crippen LogP contribution in [0.1, 0.15) is 41.4 Å². The Labute approximate surface area is 182 Å². The van der Waals surface area contributed by atoms with Gasteiger partial charge >= 0.3 is 0 Å². The monoisotopic (exact) mass is 407 g/mol. The number of benzene rings is 4. The molecule has 0 unspecified atom stereocenters. The van der Waals surface area contributed by atoms with Crippen LogP contribution in [0.3, 0.4) is 0 Å². The van der Waals surface area contributed by atoms with Gasteiger partial charge in [0.25, 0.3) is 5.91 Å². The summed E-state index contributed by atoms with van der Waals surface area (Å²) in [7, 11) is 1.70. The average Bonchev–Trinajstić information content (AvgIpc) is 3.05. The molecule has 3 heteroatoms. The molecule has 0 aromatic heterocycles. The van der Waals surface area contributed by atoms with Crippen molar-refractivity contribution in [2.75, 3.05) is 12.0 Å². The van der Waals surface area contributed by atoms with Crippen LogP contribution >= 0.6 is 0 Å². The van der Waals surface area contributed by atoms with E-state index in [2.05, 4.69) is 50.2 Å². The maximum Gasteiger partial charge on any atom is 0.258 e. The fourth-order valence-electron chi connectivity index (χ4n) is 5.01. The quantitative estimate of drug-likeness (QED) is 0.386. The second kappa shape index (κ2) is 7.28. The summed E-state index contributed by atoms with van der Waals surface area (Å²) in [6.45, 7) is 4.44. The zero-order chi connectivity index (χ0) is 21.6. The Morgan fingerprint density at radius 3 is 2.29 bits per heavy atom. The lowest BCUT2D eigenvalue weighted by Crippen LogP contribution is -2.38. The fraction of sp³-hybridized carbons (Fsp3) is 0.179. The van der Waals surface area contributed by atoms with Crippen LogP contribution < -0.4 is 9.64 Å². The molecule has 0 bridgehead atoms. The van der Waals surface area contributed by atoms with Crippen molar-refractivity contribution in [3.8, 4) is 5.75 Å². The summed E-state index contributed by atoms with van der Waals surface area (Å²) in [6.07, 6.45) is 0. The van der Waals surface area contributed by atoms with Crippen LogP contribution in [0, 0.1) is 0 Å². The van der Waals surface area contributed by atoms with Gasteiger partial charge in [0.2, 0.25) is 0 Å². The molecule has 0 aliphatic carbocycles. The van der Waals surface area contributed by atoms with Crippen molar-refractivity contribution in [2.45, 2.75) is 25.3 Å². The number of amides is 1. The fourth-order valence-corrected chi connectivity index (χ4v) is 5.01. The first kappa shape index (κ1) is 19.4. The van der Waals surface area contributed by atoms with E-state index in [4.69, 9.17) is 4.74 Å². The van der Waals surface area contributed by atoms with E-state index in [0.717, 1.165) is 27.8 Å². The molecule has 154 valence electrons. The molecule has 1 aliphatic heterocycles. The normalized spacial score (nSPS) is 16.9. The van der Waals surface area contributed by atoms with Crippen LogP contribution in [-0.2, 0) is 5.41 Å². The molecule has 0 saturated carbocycles. The van der Waals surface area contributed by atoms with E-state index >= 15 is 0 Å². The first-order valence-corrected chi connectivity index (χ1v) is 10.6. The number of fused-ring (bicyclic) bond motifs is 2. The number of carbonyl (C=O) groups is 1. The summed E-state index contributed by atoms with van der Waals surface area (Å²) in [4.78, 5) is 15.9. The minimum atomic E-state index is -0.307. The minimum Gasteiger partial charge on any atom is -0.496 e. The molecule has 1 atom stereocenters. The first-order chi connectivity index (χ1) is 15.0. The van der Waals surface area contributed by atoms with E-state index in [9.17, 15) is 4.79 Å². The number of hydrogen-bond donors (Lipinski definition) is 0. The molecule has 1 aliphatic rings. The SMILES string of the molecule is COc1ccc2ccccc2c1[C@H]1N(C(=O)c2ccccc2)c2ccccc2C1(C)C. The van der Waals surface area contributed by atoms with Gasteiger partial charge < -0.3 is 4.74 Å². The first-order valence-electron chi connectivity index (χ1n) is 10.6. The highest BCUT2D eigenvalue weighted by molar-refractivity contribution is 6.09. The number of anilines is 1. The van der Waals surface area contributed by atoms with Crippen LogP contribution in [0.15, 0.2) is 91.0 Å². The maximum atomic E-state index is 13.9. The molecule has 31 heavy (non-hydrogen) atoms. The zero-order valence-electron chi connectivity index (χ0n) is 18.0. The summed E-state index contributed by atoms with van der Waals surface area (Å²) < 4.78 is 5.85. The number of hydrogen-bond acceptors (Lipinski definition) is 2. The summed E-state index contributed by atoms with van der Waals surface area (Å²) in [6, 6.07) is 30.0. The van der Waals surface area contributed by atoms with Gasteiger partial charge in [0.1, 0.15) is 5.75 Å². The Morgan fingerprint density at radius 1 is 0.839 bits per heavy atom. The summed E-state index contributed by atoms with van der Waals surface area (Å²) in [5.74, 6) is 0.800. The van der Waals surface area contributed by atoms with Gasteiger partial charge in [0.15, 0.2) is 0 Å². The Morgan fingerprint density at radius 2 is 1.52 bits per heavy atom. The third-order valence-corrected chi connectivity index (χ3v) is 6.46. The molecule has 1 amide bonds. The van der Waals surface area contributed by atoms with Crippen molar-refractivity contribution < 1.29 is 9.53 Å². The van der Waals surface area contributed by atoms with E-state index in [0.29, 0.717) is 5.56 Å². The van der Waals surface area contributed by atoms with Crippen molar-refractivity contribution in [1.29, 1.82) is 0 Å². The van der Waals surface area contributed by atoms with Crippen molar-refractivity contribution in [3.63, 3.8) is 0 Å². The largest absolute Gasteiger partial charge is 0.496 e. The van der Waals surface area contributed by atoms with E-state index in [1.807, 2.05) is 59.5 Å². The van der Waals surface area contributed by atoms with Gasteiger partial charge in [-0.1, -0.05) is 80.6 Å². The molecule has 0 saturated heterocycles. The Hall–Kier alpha value is -3.59. The summed E-state index contributed by atoms with van der Waals surface area (Å²) in [5.41, 5.74) is 3.55. The highest BCUT2D eigenvalue weighted by atomic mass is 16.5. The average molecular weight is 408 g/mol. The van der Waals surface area contributed by atoms with Gasteiger partial charge in [-0.2, -0.15) is 0 Å². The molecule has 4 aromatic rings. The van der Waals surface area contributed by atoms with Gasteiger partial charge in [-0.25, -0.2) is 0 Å². The Kier molecular flexibility index (Phi) is 4.55. The smallest absolute Gasteiger partial charge is 0.258 e. The maximum absolute atomic E-state index is 13.9. The van der Waals surface area contributed by atoms with Gasteiger partial charge in [-0.3, -0.25) is 9.69 Å². The molecule has 0 radical (unpaired) electrons.